The van der Waals surface area contributed by atoms with Crippen LogP contribution < -0.4 is 15.0 Å². The van der Waals surface area contributed by atoms with Crippen molar-refractivity contribution in [1.29, 1.82) is 0 Å². The van der Waals surface area contributed by atoms with Gasteiger partial charge in [0.2, 0.25) is 5.91 Å². The predicted octanol–water partition coefficient (Wildman–Crippen LogP) is 3.27. The number of ether oxygens (including phenoxy) is 1. The van der Waals surface area contributed by atoms with Crippen molar-refractivity contribution < 1.29 is 14.3 Å². The molecule has 2 amide bonds. The largest absolute Gasteiger partial charge is 0.497 e. The number of carbonyl (C=O) groups excluding carboxylic acids is 2. The molecule has 1 fully saturated rings. The summed E-state index contributed by atoms with van der Waals surface area (Å²) in [6.07, 6.45) is 0.162. The SMILES string of the molecule is COc1ccc(N2C(=O)C[C@@H](NCc3cccc4ccccc34)C2=O)cc1. The predicted molar refractivity (Wildman–Crippen MR) is 105 cm³/mol. The van der Waals surface area contributed by atoms with Gasteiger partial charge in [-0.05, 0) is 40.6 Å². The minimum absolute atomic E-state index is 0.162. The van der Waals surface area contributed by atoms with Gasteiger partial charge in [-0.1, -0.05) is 42.5 Å². The second-order valence-corrected chi connectivity index (χ2v) is 6.54. The van der Waals surface area contributed by atoms with Crippen molar-refractivity contribution in [2.75, 3.05) is 12.0 Å². The molecule has 1 N–H and O–H groups in total. The third-order valence-corrected chi connectivity index (χ3v) is 4.90. The molecule has 27 heavy (non-hydrogen) atoms. The van der Waals surface area contributed by atoms with Crippen LogP contribution in [-0.2, 0) is 16.1 Å². The lowest BCUT2D eigenvalue weighted by Crippen LogP contribution is -2.38. The van der Waals surface area contributed by atoms with E-state index in [9.17, 15) is 9.59 Å². The minimum Gasteiger partial charge on any atom is -0.497 e. The number of hydrogen-bond donors (Lipinski definition) is 1. The number of nitrogens with one attached hydrogen (secondary N) is 1. The Morgan fingerprint density at radius 3 is 2.52 bits per heavy atom. The molecule has 5 nitrogen and oxygen atoms in total. The Morgan fingerprint density at radius 2 is 1.74 bits per heavy atom. The molecule has 1 aliphatic heterocycles. The van der Waals surface area contributed by atoms with Gasteiger partial charge >= 0.3 is 0 Å². The molecule has 3 aromatic rings. The maximum absolute atomic E-state index is 12.8. The minimum atomic E-state index is -0.515. The van der Waals surface area contributed by atoms with Gasteiger partial charge in [-0.3, -0.25) is 9.59 Å². The molecule has 1 atom stereocenters. The van der Waals surface area contributed by atoms with E-state index in [1.165, 1.54) is 4.90 Å². The maximum atomic E-state index is 12.8. The number of methoxy groups -OCH3 is 1. The highest BCUT2D eigenvalue weighted by molar-refractivity contribution is 6.22. The number of nitrogens with zero attached hydrogens (tertiary/aromatic N) is 1. The Bertz CT molecular complexity index is 993. The van der Waals surface area contributed by atoms with Crippen LogP contribution in [0.5, 0.6) is 5.75 Å². The van der Waals surface area contributed by atoms with Gasteiger partial charge in [0.1, 0.15) is 5.75 Å². The second kappa shape index (κ2) is 7.21. The second-order valence-electron chi connectivity index (χ2n) is 6.54. The zero-order valence-corrected chi connectivity index (χ0v) is 15.0. The molecule has 1 aliphatic rings. The molecule has 5 heteroatoms. The molecule has 136 valence electrons. The summed E-state index contributed by atoms with van der Waals surface area (Å²) in [7, 11) is 1.58. The van der Waals surface area contributed by atoms with Crippen LogP contribution in [0, 0.1) is 0 Å². The van der Waals surface area contributed by atoms with Crippen molar-refractivity contribution in [3.05, 3.63) is 72.3 Å². The number of amides is 2. The van der Waals surface area contributed by atoms with Crippen LogP contribution in [0.15, 0.2) is 66.7 Å². The molecule has 0 aliphatic carbocycles. The molecular weight excluding hydrogens is 340 g/mol. The normalized spacial score (nSPS) is 16.9. The first-order valence-electron chi connectivity index (χ1n) is 8.88. The van der Waals surface area contributed by atoms with Crippen LogP contribution in [0.25, 0.3) is 10.8 Å². The van der Waals surface area contributed by atoms with Crippen molar-refractivity contribution in [2.24, 2.45) is 0 Å². The third-order valence-electron chi connectivity index (χ3n) is 4.90. The number of benzene rings is 3. The van der Waals surface area contributed by atoms with E-state index >= 15 is 0 Å². The summed E-state index contributed by atoms with van der Waals surface area (Å²) in [6, 6.07) is 20.7. The number of carbonyl (C=O) groups is 2. The highest BCUT2D eigenvalue weighted by Gasteiger charge is 2.39. The first kappa shape index (κ1) is 17.2. The van der Waals surface area contributed by atoms with Crippen molar-refractivity contribution >= 4 is 28.3 Å². The molecule has 0 unspecified atom stereocenters. The average Bonchev–Trinajstić information content (AvgIpc) is 2.99. The van der Waals surface area contributed by atoms with Crippen LogP contribution in [0.2, 0.25) is 0 Å². The van der Waals surface area contributed by atoms with Gasteiger partial charge in [0.15, 0.2) is 0 Å². The molecule has 0 saturated carbocycles. The molecule has 0 bridgehead atoms. The fourth-order valence-electron chi connectivity index (χ4n) is 3.47. The van der Waals surface area contributed by atoms with Gasteiger partial charge in [0.25, 0.3) is 5.91 Å². The van der Waals surface area contributed by atoms with E-state index in [4.69, 9.17) is 4.74 Å². The van der Waals surface area contributed by atoms with Gasteiger partial charge in [-0.15, -0.1) is 0 Å². The molecule has 0 radical (unpaired) electrons. The average molecular weight is 360 g/mol. The summed E-state index contributed by atoms with van der Waals surface area (Å²) in [4.78, 5) is 26.4. The summed E-state index contributed by atoms with van der Waals surface area (Å²) >= 11 is 0. The zero-order chi connectivity index (χ0) is 18.8. The standard InChI is InChI=1S/C22H20N2O3/c1-27-18-11-9-17(10-12-18)24-21(25)13-20(22(24)26)23-14-16-7-4-6-15-5-2-3-8-19(15)16/h2-12,20,23H,13-14H2,1H3/t20-/m1/s1. The Kier molecular flexibility index (Phi) is 4.60. The molecular formula is C22H20N2O3. The number of fused-ring (bicyclic) bond motifs is 1. The summed E-state index contributed by atoms with van der Waals surface area (Å²) in [6.45, 7) is 0.529. The van der Waals surface area contributed by atoms with E-state index in [0.29, 0.717) is 18.0 Å². The van der Waals surface area contributed by atoms with E-state index in [2.05, 4.69) is 23.5 Å². The number of anilines is 1. The lowest BCUT2D eigenvalue weighted by Gasteiger charge is -2.16. The van der Waals surface area contributed by atoms with E-state index in [-0.39, 0.29) is 18.2 Å². The van der Waals surface area contributed by atoms with Crippen LogP contribution in [0.1, 0.15) is 12.0 Å². The lowest BCUT2D eigenvalue weighted by molar-refractivity contribution is -0.121. The highest BCUT2D eigenvalue weighted by atomic mass is 16.5. The molecule has 4 rings (SSSR count). The van der Waals surface area contributed by atoms with Crippen molar-refractivity contribution in [1.82, 2.24) is 5.32 Å². The molecule has 0 spiro atoms. The Hall–Kier alpha value is -3.18. The van der Waals surface area contributed by atoms with Gasteiger partial charge < -0.3 is 10.1 Å². The molecule has 1 heterocycles. The zero-order valence-electron chi connectivity index (χ0n) is 15.0. The summed E-state index contributed by atoms with van der Waals surface area (Å²) in [5, 5.41) is 5.56. The molecule has 1 saturated heterocycles. The fourth-order valence-corrected chi connectivity index (χ4v) is 3.47. The summed E-state index contributed by atoms with van der Waals surface area (Å²) in [5.41, 5.74) is 1.68. The number of imide groups is 1. The fraction of sp³-hybridized carbons (Fsp3) is 0.182. The van der Waals surface area contributed by atoms with E-state index < -0.39 is 6.04 Å². The first-order valence-corrected chi connectivity index (χ1v) is 8.88. The maximum Gasteiger partial charge on any atom is 0.251 e. The first-order chi connectivity index (χ1) is 13.2. The number of rotatable bonds is 5. The highest BCUT2D eigenvalue weighted by Crippen LogP contribution is 2.26. The Balaban J connectivity index is 1.50. The van der Waals surface area contributed by atoms with E-state index in [0.717, 1.165) is 16.3 Å². The lowest BCUT2D eigenvalue weighted by atomic mass is 10.0. The topological polar surface area (TPSA) is 58.6 Å². The van der Waals surface area contributed by atoms with Crippen molar-refractivity contribution in [3.63, 3.8) is 0 Å². The van der Waals surface area contributed by atoms with Crippen LogP contribution in [-0.4, -0.2) is 25.0 Å². The van der Waals surface area contributed by atoms with E-state index in [1.807, 2.05) is 24.3 Å². The van der Waals surface area contributed by atoms with Gasteiger partial charge in [0.05, 0.1) is 25.3 Å². The summed E-state index contributed by atoms with van der Waals surface area (Å²) < 4.78 is 5.13. The Morgan fingerprint density at radius 1 is 1.00 bits per heavy atom. The summed E-state index contributed by atoms with van der Waals surface area (Å²) in [5.74, 6) is 0.273. The van der Waals surface area contributed by atoms with Gasteiger partial charge in [0, 0.05) is 6.54 Å². The quantitative estimate of drug-likeness (QED) is 0.710. The van der Waals surface area contributed by atoms with Crippen molar-refractivity contribution in [2.45, 2.75) is 19.0 Å². The van der Waals surface area contributed by atoms with Crippen LogP contribution in [0.4, 0.5) is 5.69 Å². The van der Waals surface area contributed by atoms with Gasteiger partial charge in [-0.2, -0.15) is 0 Å². The van der Waals surface area contributed by atoms with Crippen LogP contribution in [0.3, 0.4) is 0 Å². The number of hydrogen-bond acceptors (Lipinski definition) is 4. The van der Waals surface area contributed by atoms with Crippen molar-refractivity contribution in [3.8, 4) is 5.75 Å². The van der Waals surface area contributed by atoms with E-state index in [1.54, 1.807) is 31.4 Å². The molecule has 3 aromatic carbocycles. The Labute approximate surface area is 157 Å². The monoisotopic (exact) mass is 360 g/mol. The molecule has 0 aromatic heterocycles. The van der Waals surface area contributed by atoms with Crippen LogP contribution >= 0.6 is 0 Å². The smallest absolute Gasteiger partial charge is 0.251 e. The van der Waals surface area contributed by atoms with Gasteiger partial charge in [-0.25, -0.2) is 4.90 Å². The third kappa shape index (κ3) is 3.29.